The van der Waals surface area contributed by atoms with Crippen LogP contribution in [0.15, 0.2) is 28.7 Å². The largest absolute Gasteiger partial charge is 0.480 e. The molecule has 1 aliphatic heterocycles. The number of carboxylic acids is 1. The maximum atomic E-state index is 10.7. The van der Waals surface area contributed by atoms with Crippen LogP contribution in [0.3, 0.4) is 0 Å². The van der Waals surface area contributed by atoms with Crippen LogP contribution in [0.4, 0.5) is 0 Å². The quantitative estimate of drug-likeness (QED) is 0.893. The van der Waals surface area contributed by atoms with Crippen LogP contribution in [0.5, 0.6) is 0 Å². The van der Waals surface area contributed by atoms with Gasteiger partial charge in [-0.1, -0.05) is 28.1 Å². The van der Waals surface area contributed by atoms with Crippen molar-refractivity contribution < 1.29 is 9.90 Å². The van der Waals surface area contributed by atoms with Crippen LogP contribution in [-0.4, -0.2) is 53.6 Å². The zero-order chi connectivity index (χ0) is 14.5. The maximum Gasteiger partial charge on any atom is 0.317 e. The Morgan fingerprint density at radius 2 is 1.95 bits per heavy atom. The molecule has 0 aromatic heterocycles. The molecule has 0 radical (unpaired) electrons. The fourth-order valence-corrected chi connectivity index (χ4v) is 2.97. The molecule has 20 heavy (non-hydrogen) atoms. The molecule has 1 saturated heterocycles. The highest BCUT2D eigenvalue weighted by Gasteiger charge is 2.23. The fraction of sp³-hybridized carbons (Fsp3) is 0.533. The summed E-state index contributed by atoms with van der Waals surface area (Å²) in [5.41, 5.74) is 1.32. The molecule has 5 heteroatoms. The third-order valence-corrected chi connectivity index (χ3v) is 4.41. The summed E-state index contributed by atoms with van der Waals surface area (Å²) in [4.78, 5) is 15.1. The van der Waals surface area contributed by atoms with Gasteiger partial charge in [0.05, 0.1) is 6.54 Å². The monoisotopic (exact) mass is 340 g/mol. The molecule has 1 aromatic carbocycles. The number of hydrogen-bond acceptors (Lipinski definition) is 3. The summed E-state index contributed by atoms with van der Waals surface area (Å²) in [5, 5.41) is 8.83. The highest BCUT2D eigenvalue weighted by molar-refractivity contribution is 9.10. The van der Waals surface area contributed by atoms with E-state index in [0.29, 0.717) is 6.04 Å². The minimum Gasteiger partial charge on any atom is -0.480 e. The summed E-state index contributed by atoms with van der Waals surface area (Å²) in [6.45, 7) is 3.18. The Hall–Kier alpha value is -0.910. The second kappa shape index (κ2) is 7.20. The number of nitrogens with zero attached hydrogens (tertiary/aromatic N) is 2. The summed E-state index contributed by atoms with van der Waals surface area (Å²) in [6.07, 6.45) is 2.08. The first-order chi connectivity index (χ1) is 9.54. The lowest BCUT2D eigenvalue weighted by Gasteiger charge is -2.36. The van der Waals surface area contributed by atoms with Crippen molar-refractivity contribution in [2.45, 2.75) is 25.4 Å². The van der Waals surface area contributed by atoms with Gasteiger partial charge in [-0.15, -0.1) is 0 Å². The van der Waals surface area contributed by atoms with Gasteiger partial charge in [-0.05, 0) is 50.7 Å². The molecule has 110 valence electrons. The van der Waals surface area contributed by atoms with Crippen LogP contribution in [0.2, 0.25) is 0 Å². The lowest BCUT2D eigenvalue weighted by molar-refractivity contribution is -0.138. The summed E-state index contributed by atoms with van der Waals surface area (Å²) in [5.74, 6) is -0.746. The van der Waals surface area contributed by atoms with E-state index in [4.69, 9.17) is 5.11 Å². The van der Waals surface area contributed by atoms with E-state index < -0.39 is 5.97 Å². The molecule has 2 rings (SSSR count). The Bertz CT molecular complexity index is 442. The molecular formula is C15H21BrN2O2. The van der Waals surface area contributed by atoms with E-state index in [1.54, 1.807) is 0 Å². The average molecular weight is 341 g/mol. The van der Waals surface area contributed by atoms with Gasteiger partial charge in [0.15, 0.2) is 0 Å². The van der Waals surface area contributed by atoms with Gasteiger partial charge in [-0.25, -0.2) is 0 Å². The van der Waals surface area contributed by atoms with Crippen molar-refractivity contribution in [1.29, 1.82) is 0 Å². The van der Waals surface area contributed by atoms with Crippen molar-refractivity contribution in [2.75, 3.05) is 26.7 Å². The molecule has 0 saturated carbocycles. The standard InChI is InChI=1S/C15H21BrN2O2/c1-17(11-15(19)20)14-6-8-18(9-7-14)10-12-2-4-13(16)5-3-12/h2-5,14H,6-11H2,1H3,(H,19,20). The maximum absolute atomic E-state index is 10.7. The van der Waals surface area contributed by atoms with Gasteiger partial charge in [-0.2, -0.15) is 0 Å². The topological polar surface area (TPSA) is 43.8 Å². The summed E-state index contributed by atoms with van der Waals surface area (Å²) in [6, 6.07) is 8.83. The predicted octanol–water partition coefficient (Wildman–Crippen LogP) is 2.43. The van der Waals surface area contributed by atoms with E-state index in [0.717, 1.165) is 36.9 Å². The molecule has 0 aliphatic carbocycles. The fourth-order valence-electron chi connectivity index (χ4n) is 2.71. The number of carboxylic acid groups (broad SMARTS) is 1. The number of likely N-dealkylation sites (tertiary alicyclic amines) is 1. The molecule has 0 spiro atoms. The smallest absolute Gasteiger partial charge is 0.317 e. The second-order valence-corrected chi connectivity index (χ2v) is 6.36. The normalized spacial score (nSPS) is 17.6. The van der Waals surface area contributed by atoms with E-state index in [9.17, 15) is 4.79 Å². The number of halogens is 1. The molecule has 1 heterocycles. The first kappa shape index (κ1) is 15.5. The van der Waals surface area contributed by atoms with Gasteiger partial charge in [0.1, 0.15) is 0 Å². The Balaban J connectivity index is 1.79. The van der Waals surface area contributed by atoms with Crippen LogP contribution in [0.1, 0.15) is 18.4 Å². The van der Waals surface area contributed by atoms with Crippen LogP contribution in [-0.2, 0) is 11.3 Å². The molecule has 1 fully saturated rings. The molecule has 4 nitrogen and oxygen atoms in total. The van der Waals surface area contributed by atoms with Gasteiger partial charge in [0.2, 0.25) is 0 Å². The van der Waals surface area contributed by atoms with E-state index in [1.807, 2.05) is 11.9 Å². The third kappa shape index (κ3) is 4.58. The lowest BCUT2D eigenvalue weighted by atomic mass is 10.0. The number of carbonyl (C=O) groups is 1. The van der Waals surface area contributed by atoms with Crippen molar-refractivity contribution in [2.24, 2.45) is 0 Å². The van der Waals surface area contributed by atoms with Gasteiger partial charge >= 0.3 is 5.97 Å². The first-order valence-corrected chi connectivity index (χ1v) is 7.73. The zero-order valence-corrected chi connectivity index (χ0v) is 13.3. The highest BCUT2D eigenvalue weighted by atomic mass is 79.9. The molecule has 0 bridgehead atoms. The van der Waals surface area contributed by atoms with Crippen molar-refractivity contribution in [3.05, 3.63) is 34.3 Å². The predicted molar refractivity (Wildman–Crippen MR) is 82.7 cm³/mol. The van der Waals surface area contributed by atoms with Crippen LogP contribution in [0.25, 0.3) is 0 Å². The van der Waals surface area contributed by atoms with E-state index in [2.05, 4.69) is 45.1 Å². The molecule has 0 amide bonds. The highest BCUT2D eigenvalue weighted by Crippen LogP contribution is 2.18. The third-order valence-electron chi connectivity index (χ3n) is 3.88. The lowest BCUT2D eigenvalue weighted by Crippen LogP contribution is -2.44. The van der Waals surface area contributed by atoms with Gasteiger partial charge < -0.3 is 5.11 Å². The van der Waals surface area contributed by atoms with E-state index in [-0.39, 0.29) is 6.54 Å². The number of aliphatic carboxylic acids is 1. The van der Waals surface area contributed by atoms with Crippen molar-refractivity contribution in [3.8, 4) is 0 Å². The molecule has 0 unspecified atom stereocenters. The summed E-state index contributed by atoms with van der Waals surface area (Å²) < 4.78 is 1.11. The SMILES string of the molecule is CN(CC(=O)O)C1CCN(Cc2ccc(Br)cc2)CC1. The van der Waals surface area contributed by atoms with E-state index >= 15 is 0 Å². The molecule has 1 N–H and O–H groups in total. The zero-order valence-electron chi connectivity index (χ0n) is 11.8. The molecular weight excluding hydrogens is 320 g/mol. The second-order valence-electron chi connectivity index (χ2n) is 5.44. The summed E-state index contributed by atoms with van der Waals surface area (Å²) >= 11 is 3.45. The van der Waals surface area contributed by atoms with Crippen LogP contribution in [0, 0.1) is 0 Å². The van der Waals surface area contributed by atoms with Crippen molar-refractivity contribution >= 4 is 21.9 Å². The van der Waals surface area contributed by atoms with Crippen molar-refractivity contribution in [3.63, 3.8) is 0 Å². The van der Waals surface area contributed by atoms with Crippen LogP contribution >= 0.6 is 15.9 Å². The minimum absolute atomic E-state index is 0.136. The Labute approximate surface area is 128 Å². The van der Waals surface area contributed by atoms with E-state index in [1.165, 1.54) is 5.56 Å². The number of piperidine rings is 1. The number of benzene rings is 1. The molecule has 0 atom stereocenters. The van der Waals surface area contributed by atoms with Crippen LogP contribution < -0.4 is 0 Å². The molecule has 1 aliphatic rings. The van der Waals surface area contributed by atoms with Gasteiger partial charge in [0.25, 0.3) is 0 Å². The number of hydrogen-bond donors (Lipinski definition) is 1. The molecule has 1 aromatic rings. The van der Waals surface area contributed by atoms with Crippen molar-refractivity contribution in [1.82, 2.24) is 9.80 Å². The number of rotatable bonds is 5. The number of likely N-dealkylation sites (N-methyl/N-ethyl adjacent to an activating group) is 1. The Kier molecular flexibility index (Phi) is 5.57. The first-order valence-electron chi connectivity index (χ1n) is 6.93. The summed E-state index contributed by atoms with van der Waals surface area (Å²) in [7, 11) is 1.91. The Morgan fingerprint density at radius 1 is 1.35 bits per heavy atom. The van der Waals surface area contributed by atoms with Gasteiger partial charge in [-0.3, -0.25) is 14.6 Å². The average Bonchev–Trinajstić information content (AvgIpc) is 2.41. The minimum atomic E-state index is -0.746. The van der Waals surface area contributed by atoms with Gasteiger partial charge in [0, 0.05) is 17.1 Å². The Morgan fingerprint density at radius 3 is 2.50 bits per heavy atom.